The summed E-state index contributed by atoms with van der Waals surface area (Å²) >= 11 is 0. The Labute approximate surface area is 173 Å². The molecule has 30 heavy (non-hydrogen) atoms. The van der Waals surface area contributed by atoms with Crippen LogP contribution in [0.3, 0.4) is 0 Å². The Kier molecular flexibility index (Phi) is 4.88. The van der Waals surface area contributed by atoms with E-state index in [1.54, 1.807) is 12.1 Å². The smallest absolute Gasteiger partial charge is 0.262 e. The summed E-state index contributed by atoms with van der Waals surface area (Å²) in [6.07, 6.45) is 1.40. The molecule has 3 saturated heterocycles. The lowest BCUT2D eigenvalue weighted by Crippen LogP contribution is -2.58. The zero-order valence-corrected chi connectivity index (χ0v) is 16.6. The third-order valence-electron chi connectivity index (χ3n) is 6.50. The number of ether oxygens (including phenoxy) is 1. The van der Waals surface area contributed by atoms with E-state index in [1.165, 1.54) is 0 Å². The number of nitrogens with zero attached hydrogens (tertiary/aromatic N) is 2. The van der Waals surface area contributed by atoms with Crippen molar-refractivity contribution in [3.05, 3.63) is 34.9 Å². The van der Waals surface area contributed by atoms with Gasteiger partial charge in [-0.3, -0.25) is 34.3 Å². The summed E-state index contributed by atoms with van der Waals surface area (Å²) in [5, 5.41) is 5.64. The SMILES string of the molecule is O=C1CCC(N2C(=O)c3cccc(CN4CCO[C@H]5CCNC[C@H]54)c3C2=O)C(=O)N1. The van der Waals surface area contributed by atoms with Crippen molar-refractivity contribution in [3.8, 4) is 0 Å². The molecule has 0 aliphatic carbocycles. The van der Waals surface area contributed by atoms with Gasteiger partial charge in [-0.05, 0) is 31.0 Å². The van der Waals surface area contributed by atoms with Gasteiger partial charge in [0.05, 0.1) is 23.8 Å². The fraction of sp³-hybridized carbons (Fsp3) is 0.524. The quantitative estimate of drug-likeness (QED) is 0.654. The Balaban J connectivity index is 1.42. The summed E-state index contributed by atoms with van der Waals surface area (Å²) in [5.41, 5.74) is 1.49. The zero-order valence-electron chi connectivity index (χ0n) is 16.6. The van der Waals surface area contributed by atoms with Crippen LogP contribution in [0.1, 0.15) is 45.5 Å². The molecule has 3 fully saturated rings. The van der Waals surface area contributed by atoms with Crippen LogP contribution >= 0.6 is 0 Å². The number of carbonyl (C=O) groups is 4. The summed E-state index contributed by atoms with van der Waals surface area (Å²) in [4.78, 5) is 53.4. The lowest BCUT2D eigenvalue weighted by molar-refractivity contribution is -0.136. The molecule has 1 aromatic rings. The van der Waals surface area contributed by atoms with E-state index in [2.05, 4.69) is 15.5 Å². The molecule has 4 amide bonds. The van der Waals surface area contributed by atoms with Crippen LogP contribution in [-0.4, -0.2) is 77.9 Å². The maximum absolute atomic E-state index is 13.3. The molecule has 0 saturated carbocycles. The molecule has 0 spiro atoms. The number of benzene rings is 1. The molecule has 4 aliphatic rings. The molecule has 0 radical (unpaired) electrons. The van der Waals surface area contributed by atoms with Gasteiger partial charge in [-0.25, -0.2) is 0 Å². The number of hydrogen-bond donors (Lipinski definition) is 2. The maximum Gasteiger partial charge on any atom is 0.262 e. The molecule has 9 nitrogen and oxygen atoms in total. The number of hydrogen-bond acceptors (Lipinski definition) is 7. The lowest BCUT2D eigenvalue weighted by Gasteiger charge is -2.44. The fourth-order valence-corrected chi connectivity index (χ4v) is 5.00. The van der Waals surface area contributed by atoms with Gasteiger partial charge in [0.25, 0.3) is 11.8 Å². The average Bonchev–Trinajstić information content (AvgIpc) is 3.00. The van der Waals surface area contributed by atoms with Crippen molar-refractivity contribution in [1.29, 1.82) is 0 Å². The van der Waals surface area contributed by atoms with Crippen LogP contribution in [0.25, 0.3) is 0 Å². The first kappa shape index (κ1) is 19.3. The van der Waals surface area contributed by atoms with Crippen molar-refractivity contribution in [1.82, 2.24) is 20.4 Å². The number of nitrogens with one attached hydrogen (secondary N) is 2. The van der Waals surface area contributed by atoms with Crippen molar-refractivity contribution >= 4 is 23.6 Å². The highest BCUT2D eigenvalue weighted by Gasteiger charge is 2.46. The normalized spacial score (nSPS) is 29.6. The summed E-state index contributed by atoms with van der Waals surface area (Å²) in [6.45, 7) is 3.70. The van der Waals surface area contributed by atoms with E-state index in [9.17, 15) is 19.2 Å². The first-order valence-electron chi connectivity index (χ1n) is 10.4. The van der Waals surface area contributed by atoms with Gasteiger partial charge in [-0.2, -0.15) is 0 Å². The van der Waals surface area contributed by atoms with E-state index in [0.717, 1.165) is 36.5 Å². The Morgan fingerprint density at radius 3 is 2.80 bits per heavy atom. The van der Waals surface area contributed by atoms with Crippen LogP contribution in [-0.2, 0) is 20.9 Å². The highest BCUT2D eigenvalue weighted by molar-refractivity contribution is 6.24. The predicted octanol–water partition coefficient (Wildman–Crippen LogP) is -0.349. The number of carbonyl (C=O) groups excluding carboxylic acids is 4. The molecule has 4 heterocycles. The Bertz CT molecular complexity index is 930. The number of piperidine rings is 2. The van der Waals surface area contributed by atoms with Gasteiger partial charge in [0.15, 0.2) is 0 Å². The van der Waals surface area contributed by atoms with Crippen molar-refractivity contribution in [3.63, 3.8) is 0 Å². The highest BCUT2D eigenvalue weighted by Crippen LogP contribution is 2.31. The monoisotopic (exact) mass is 412 g/mol. The number of morpholine rings is 1. The van der Waals surface area contributed by atoms with E-state index in [-0.39, 0.29) is 30.9 Å². The number of rotatable bonds is 3. The Morgan fingerprint density at radius 2 is 1.97 bits per heavy atom. The highest BCUT2D eigenvalue weighted by atomic mass is 16.5. The summed E-state index contributed by atoms with van der Waals surface area (Å²) in [5.74, 6) is -1.89. The van der Waals surface area contributed by atoms with E-state index in [0.29, 0.717) is 24.3 Å². The molecule has 1 aromatic carbocycles. The Hall–Kier alpha value is -2.62. The van der Waals surface area contributed by atoms with Gasteiger partial charge in [-0.1, -0.05) is 12.1 Å². The second-order valence-electron chi connectivity index (χ2n) is 8.23. The molecule has 158 valence electrons. The largest absolute Gasteiger partial charge is 0.375 e. The summed E-state index contributed by atoms with van der Waals surface area (Å²) in [6, 6.07) is 4.57. The summed E-state index contributed by atoms with van der Waals surface area (Å²) in [7, 11) is 0. The van der Waals surface area contributed by atoms with Crippen LogP contribution in [0.15, 0.2) is 18.2 Å². The molecule has 4 aliphatic heterocycles. The van der Waals surface area contributed by atoms with Crippen LogP contribution in [0.5, 0.6) is 0 Å². The van der Waals surface area contributed by atoms with E-state index in [4.69, 9.17) is 4.74 Å². The average molecular weight is 412 g/mol. The minimum absolute atomic E-state index is 0.112. The number of fused-ring (bicyclic) bond motifs is 2. The molecule has 3 atom stereocenters. The molecule has 5 rings (SSSR count). The van der Waals surface area contributed by atoms with Crippen molar-refractivity contribution in [2.75, 3.05) is 26.2 Å². The van der Waals surface area contributed by atoms with Gasteiger partial charge in [-0.15, -0.1) is 0 Å². The number of amides is 4. The van der Waals surface area contributed by atoms with Gasteiger partial charge in [0, 0.05) is 32.1 Å². The van der Waals surface area contributed by atoms with E-state index in [1.807, 2.05) is 6.07 Å². The minimum atomic E-state index is -0.946. The van der Waals surface area contributed by atoms with Crippen molar-refractivity contribution in [2.45, 2.75) is 44.0 Å². The first-order valence-corrected chi connectivity index (χ1v) is 10.4. The molecule has 0 bridgehead atoms. The van der Waals surface area contributed by atoms with Gasteiger partial charge >= 0.3 is 0 Å². The molecule has 9 heteroatoms. The maximum atomic E-state index is 13.3. The van der Waals surface area contributed by atoms with E-state index >= 15 is 0 Å². The van der Waals surface area contributed by atoms with Crippen molar-refractivity contribution < 1.29 is 23.9 Å². The van der Waals surface area contributed by atoms with E-state index < -0.39 is 23.8 Å². The second kappa shape index (κ2) is 7.57. The summed E-state index contributed by atoms with van der Waals surface area (Å²) < 4.78 is 5.91. The van der Waals surface area contributed by atoms with Gasteiger partial charge in [0.1, 0.15) is 6.04 Å². The Morgan fingerprint density at radius 1 is 1.10 bits per heavy atom. The van der Waals surface area contributed by atoms with Crippen molar-refractivity contribution in [2.24, 2.45) is 0 Å². The fourth-order valence-electron chi connectivity index (χ4n) is 5.00. The van der Waals surface area contributed by atoms with Crippen LogP contribution in [0, 0.1) is 0 Å². The van der Waals surface area contributed by atoms with Crippen LogP contribution in [0.2, 0.25) is 0 Å². The molecule has 1 unspecified atom stereocenters. The topological polar surface area (TPSA) is 108 Å². The molecular weight excluding hydrogens is 388 g/mol. The first-order chi connectivity index (χ1) is 14.5. The lowest BCUT2D eigenvalue weighted by atomic mass is 9.97. The molecular formula is C21H24N4O5. The molecule has 2 N–H and O–H groups in total. The van der Waals surface area contributed by atoms with Crippen LogP contribution in [0.4, 0.5) is 0 Å². The van der Waals surface area contributed by atoms with Crippen LogP contribution < -0.4 is 10.6 Å². The predicted molar refractivity (Wildman–Crippen MR) is 105 cm³/mol. The van der Waals surface area contributed by atoms with Gasteiger partial charge < -0.3 is 10.1 Å². The second-order valence-corrected chi connectivity index (χ2v) is 8.23. The standard InChI is InChI=1S/C21H24N4O5/c26-17-5-4-14(19(27)23-17)25-20(28)13-3-1-2-12(18(13)21(25)29)11-24-8-9-30-16-6-7-22-10-15(16)24/h1-3,14-16,22H,4-11H2,(H,23,26,27)/t14?,15-,16+/m1/s1. The minimum Gasteiger partial charge on any atom is -0.375 e. The zero-order chi connectivity index (χ0) is 20.8. The van der Waals surface area contributed by atoms with Gasteiger partial charge in [0.2, 0.25) is 11.8 Å². The molecule has 0 aromatic heterocycles. The third kappa shape index (κ3) is 3.13. The number of imide groups is 2. The third-order valence-corrected chi connectivity index (χ3v) is 6.50.